The number of aryl methyl sites for hydroxylation is 1. The average Bonchev–Trinajstić information content (AvgIpc) is 2.40. The lowest BCUT2D eigenvalue weighted by atomic mass is 10.0. The van der Waals surface area contributed by atoms with E-state index in [9.17, 15) is 4.79 Å². The summed E-state index contributed by atoms with van der Waals surface area (Å²) in [5.41, 5.74) is 7.47. The maximum atomic E-state index is 12.1. The number of likely N-dealkylation sites (tertiary alicyclic amines) is 1. The Balaban J connectivity index is 1.95. The standard InChI is InChI=1S/C14H22N4O/c1-10-13(7-11(15)8-16-10)14(19)17-9-12-5-3-4-6-18(12)2/h7-8,12H,3-6,9,15H2,1-2H3,(H,17,19). The first-order valence-corrected chi connectivity index (χ1v) is 6.78. The lowest BCUT2D eigenvalue weighted by molar-refractivity contribution is 0.0927. The van der Waals surface area contributed by atoms with Crippen LogP contribution in [0.1, 0.15) is 35.3 Å². The molecule has 0 bridgehead atoms. The summed E-state index contributed by atoms with van der Waals surface area (Å²) in [7, 11) is 2.11. The number of nitrogens with one attached hydrogen (secondary N) is 1. The van der Waals surface area contributed by atoms with Crippen LogP contribution in [0.3, 0.4) is 0 Å². The van der Waals surface area contributed by atoms with Gasteiger partial charge < -0.3 is 16.0 Å². The zero-order valence-corrected chi connectivity index (χ0v) is 11.6. The van der Waals surface area contributed by atoms with Crippen LogP contribution in [0.5, 0.6) is 0 Å². The van der Waals surface area contributed by atoms with Crippen molar-refractivity contribution in [3.8, 4) is 0 Å². The molecule has 1 unspecified atom stereocenters. The minimum Gasteiger partial charge on any atom is -0.397 e. The van der Waals surface area contributed by atoms with E-state index >= 15 is 0 Å². The van der Waals surface area contributed by atoms with E-state index < -0.39 is 0 Å². The number of nitrogens with zero attached hydrogens (tertiary/aromatic N) is 2. The quantitative estimate of drug-likeness (QED) is 0.858. The average molecular weight is 262 g/mol. The molecule has 1 saturated heterocycles. The Hall–Kier alpha value is -1.62. The first kappa shape index (κ1) is 13.8. The van der Waals surface area contributed by atoms with Crippen molar-refractivity contribution >= 4 is 11.6 Å². The minimum atomic E-state index is -0.0868. The maximum Gasteiger partial charge on any atom is 0.253 e. The summed E-state index contributed by atoms with van der Waals surface area (Å²) < 4.78 is 0. The van der Waals surface area contributed by atoms with E-state index in [1.807, 2.05) is 6.92 Å². The van der Waals surface area contributed by atoms with Crippen LogP contribution >= 0.6 is 0 Å². The van der Waals surface area contributed by atoms with Gasteiger partial charge in [0, 0.05) is 12.6 Å². The molecule has 0 spiro atoms. The number of hydrogen-bond acceptors (Lipinski definition) is 4. The summed E-state index contributed by atoms with van der Waals surface area (Å²) >= 11 is 0. The molecule has 2 heterocycles. The molecule has 19 heavy (non-hydrogen) atoms. The molecule has 1 aromatic rings. The number of aromatic nitrogens is 1. The zero-order valence-electron chi connectivity index (χ0n) is 11.6. The summed E-state index contributed by atoms with van der Waals surface area (Å²) in [4.78, 5) is 18.6. The van der Waals surface area contributed by atoms with Crippen LogP contribution in [-0.2, 0) is 0 Å². The number of pyridine rings is 1. The van der Waals surface area contributed by atoms with Crippen molar-refractivity contribution in [2.45, 2.75) is 32.2 Å². The molecular weight excluding hydrogens is 240 g/mol. The van der Waals surface area contributed by atoms with Crippen LogP contribution in [-0.4, -0.2) is 42.0 Å². The Labute approximate surface area is 114 Å². The molecule has 1 aliphatic rings. The van der Waals surface area contributed by atoms with Crippen LogP contribution in [0.15, 0.2) is 12.3 Å². The van der Waals surface area contributed by atoms with Gasteiger partial charge in [0.25, 0.3) is 5.91 Å². The van der Waals surface area contributed by atoms with Crippen LogP contribution in [0.2, 0.25) is 0 Å². The van der Waals surface area contributed by atoms with Gasteiger partial charge in [0.05, 0.1) is 23.1 Å². The van der Waals surface area contributed by atoms with E-state index in [0.717, 1.165) is 13.0 Å². The SMILES string of the molecule is Cc1ncc(N)cc1C(=O)NCC1CCCCN1C. The van der Waals surface area contributed by atoms with Gasteiger partial charge in [0.2, 0.25) is 0 Å². The molecular formula is C14H22N4O. The van der Waals surface area contributed by atoms with Crippen molar-refractivity contribution < 1.29 is 4.79 Å². The Morgan fingerprint density at radius 2 is 2.37 bits per heavy atom. The van der Waals surface area contributed by atoms with E-state index in [-0.39, 0.29) is 5.91 Å². The molecule has 0 radical (unpaired) electrons. The fraction of sp³-hybridized carbons (Fsp3) is 0.571. The van der Waals surface area contributed by atoms with Crippen LogP contribution < -0.4 is 11.1 Å². The summed E-state index contributed by atoms with van der Waals surface area (Å²) in [5.74, 6) is -0.0868. The molecule has 5 nitrogen and oxygen atoms in total. The number of carbonyl (C=O) groups excluding carboxylic acids is 1. The fourth-order valence-corrected chi connectivity index (χ4v) is 2.49. The summed E-state index contributed by atoms with van der Waals surface area (Å²) in [5, 5.41) is 2.99. The van der Waals surface area contributed by atoms with E-state index in [0.29, 0.717) is 29.5 Å². The molecule has 104 valence electrons. The Bertz CT molecular complexity index is 461. The van der Waals surface area contributed by atoms with E-state index in [4.69, 9.17) is 5.73 Å². The molecule has 2 rings (SSSR count). The first-order chi connectivity index (χ1) is 9.08. The third kappa shape index (κ3) is 3.44. The highest BCUT2D eigenvalue weighted by molar-refractivity contribution is 5.95. The Kier molecular flexibility index (Phi) is 4.37. The third-order valence-corrected chi connectivity index (χ3v) is 3.77. The number of amides is 1. The number of carbonyl (C=O) groups is 1. The lowest BCUT2D eigenvalue weighted by Gasteiger charge is -2.32. The highest BCUT2D eigenvalue weighted by Gasteiger charge is 2.20. The number of anilines is 1. The van der Waals surface area contributed by atoms with Crippen molar-refractivity contribution in [3.05, 3.63) is 23.5 Å². The fourth-order valence-electron chi connectivity index (χ4n) is 2.49. The van der Waals surface area contributed by atoms with Crippen molar-refractivity contribution in [1.29, 1.82) is 0 Å². The van der Waals surface area contributed by atoms with E-state index in [1.165, 1.54) is 12.8 Å². The van der Waals surface area contributed by atoms with E-state index in [1.54, 1.807) is 12.3 Å². The van der Waals surface area contributed by atoms with Gasteiger partial charge in [-0.3, -0.25) is 9.78 Å². The normalized spacial score (nSPS) is 20.2. The predicted octanol–water partition coefficient (Wildman–Crippen LogP) is 1.19. The number of hydrogen-bond donors (Lipinski definition) is 2. The molecule has 0 aliphatic carbocycles. The van der Waals surface area contributed by atoms with Gasteiger partial charge in [-0.2, -0.15) is 0 Å². The highest BCUT2D eigenvalue weighted by atomic mass is 16.1. The third-order valence-electron chi connectivity index (χ3n) is 3.77. The smallest absolute Gasteiger partial charge is 0.253 e. The van der Waals surface area contributed by atoms with Crippen molar-refractivity contribution in [1.82, 2.24) is 15.2 Å². The monoisotopic (exact) mass is 262 g/mol. The van der Waals surface area contributed by atoms with Crippen LogP contribution in [0, 0.1) is 6.92 Å². The number of nitrogens with two attached hydrogens (primary N) is 1. The number of rotatable bonds is 3. The van der Waals surface area contributed by atoms with Crippen molar-refractivity contribution in [2.75, 3.05) is 25.9 Å². The second-order valence-corrected chi connectivity index (χ2v) is 5.24. The summed E-state index contributed by atoms with van der Waals surface area (Å²) in [6.45, 7) is 3.62. The largest absolute Gasteiger partial charge is 0.397 e. The van der Waals surface area contributed by atoms with Gasteiger partial charge in [-0.05, 0) is 39.4 Å². The molecule has 1 fully saturated rings. The second kappa shape index (κ2) is 6.02. The molecule has 0 saturated carbocycles. The van der Waals surface area contributed by atoms with Gasteiger partial charge in [-0.1, -0.05) is 6.42 Å². The van der Waals surface area contributed by atoms with Gasteiger partial charge in [0.15, 0.2) is 0 Å². The topological polar surface area (TPSA) is 71.2 Å². The minimum absolute atomic E-state index is 0.0868. The maximum absolute atomic E-state index is 12.1. The molecule has 3 N–H and O–H groups in total. The van der Waals surface area contributed by atoms with Crippen molar-refractivity contribution in [2.24, 2.45) is 0 Å². The first-order valence-electron chi connectivity index (χ1n) is 6.78. The van der Waals surface area contributed by atoms with Crippen LogP contribution in [0.4, 0.5) is 5.69 Å². The highest BCUT2D eigenvalue weighted by Crippen LogP contribution is 2.14. The molecule has 1 atom stereocenters. The van der Waals surface area contributed by atoms with Gasteiger partial charge in [-0.25, -0.2) is 0 Å². The number of likely N-dealkylation sites (N-methyl/N-ethyl adjacent to an activating group) is 1. The molecule has 1 aliphatic heterocycles. The van der Waals surface area contributed by atoms with Gasteiger partial charge in [0.1, 0.15) is 0 Å². The Morgan fingerprint density at radius 3 is 3.11 bits per heavy atom. The molecule has 1 aromatic heterocycles. The van der Waals surface area contributed by atoms with Crippen LogP contribution in [0.25, 0.3) is 0 Å². The van der Waals surface area contributed by atoms with E-state index in [2.05, 4.69) is 22.2 Å². The molecule has 0 aromatic carbocycles. The Morgan fingerprint density at radius 1 is 1.58 bits per heavy atom. The number of nitrogen functional groups attached to an aromatic ring is 1. The van der Waals surface area contributed by atoms with Gasteiger partial charge >= 0.3 is 0 Å². The second-order valence-electron chi connectivity index (χ2n) is 5.24. The molecule has 1 amide bonds. The number of piperidine rings is 1. The van der Waals surface area contributed by atoms with Gasteiger partial charge in [-0.15, -0.1) is 0 Å². The summed E-state index contributed by atoms with van der Waals surface area (Å²) in [6.07, 6.45) is 5.20. The molecule has 5 heteroatoms. The summed E-state index contributed by atoms with van der Waals surface area (Å²) in [6, 6.07) is 2.12. The predicted molar refractivity (Wildman–Crippen MR) is 76.0 cm³/mol. The zero-order chi connectivity index (χ0) is 13.8. The van der Waals surface area contributed by atoms with Crippen molar-refractivity contribution in [3.63, 3.8) is 0 Å². The lowest BCUT2D eigenvalue weighted by Crippen LogP contribution is -2.44.